The Morgan fingerprint density at radius 3 is 2.17 bits per heavy atom. The summed E-state index contributed by atoms with van der Waals surface area (Å²) < 4.78 is 5.19. The van der Waals surface area contributed by atoms with Crippen LogP contribution in [-0.2, 0) is 9.53 Å². The van der Waals surface area contributed by atoms with Crippen LogP contribution in [0, 0.1) is 5.41 Å². The summed E-state index contributed by atoms with van der Waals surface area (Å²) in [6.45, 7) is 8.01. The SMILES string of the molecule is [B]C(=O)NCCOCCNC(=O)CCC(C)(C)C. The predicted octanol–water partition coefficient (Wildman–Crippen LogP) is 0.824. The van der Waals surface area contributed by atoms with Crippen molar-refractivity contribution in [2.24, 2.45) is 5.41 Å². The van der Waals surface area contributed by atoms with Gasteiger partial charge in [0.1, 0.15) is 0 Å². The van der Waals surface area contributed by atoms with Gasteiger partial charge in [-0.15, -0.1) is 0 Å². The summed E-state index contributed by atoms with van der Waals surface area (Å²) in [5, 5.41) is 5.19. The third kappa shape index (κ3) is 13.0. The van der Waals surface area contributed by atoms with Gasteiger partial charge in [-0.05, 0) is 11.8 Å². The molecule has 6 heteroatoms. The minimum atomic E-state index is -0.561. The molecule has 18 heavy (non-hydrogen) atoms. The third-order valence-corrected chi connectivity index (χ3v) is 2.22. The molecular formula is C12H23BN2O3. The van der Waals surface area contributed by atoms with Crippen molar-refractivity contribution in [1.29, 1.82) is 0 Å². The molecule has 0 aromatic carbocycles. The zero-order valence-electron chi connectivity index (χ0n) is 11.5. The summed E-state index contributed by atoms with van der Waals surface area (Å²) in [5.41, 5.74) is 0.175. The summed E-state index contributed by atoms with van der Waals surface area (Å²) in [6, 6.07) is 0. The molecule has 0 aliphatic heterocycles. The molecular weight excluding hydrogens is 231 g/mol. The van der Waals surface area contributed by atoms with Gasteiger partial charge >= 0.3 is 0 Å². The molecule has 0 bridgehead atoms. The second-order valence-corrected chi connectivity index (χ2v) is 5.31. The number of nitrogens with one attached hydrogen (secondary N) is 2. The first kappa shape index (κ1) is 17.0. The smallest absolute Gasteiger partial charge is 0.220 e. The highest BCUT2D eigenvalue weighted by Crippen LogP contribution is 2.19. The van der Waals surface area contributed by atoms with E-state index in [0.29, 0.717) is 32.7 Å². The van der Waals surface area contributed by atoms with Crippen LogP contribution >= 0.6 is 0 Å². The lowest BCUT2D eigenvalue weighted by molar-refractivity contribution is -0.121. The van der Waals surface area contributed by atoms with Crippen LogP contribution in [0.15, 0.2) is 0 Å². The average Bonchev–Trinajstić information content (AvgIpc) is 2.23. The molecule has 0 rings (SSSR count). The number of ether oxygens (including phenoxy) is 1. The summed E-state index contributed by atoms with van der Waals surface area (Å²) in [7, 11) is 4.88. The van der Waals surface area contributed by atoms with Gasteiger partial charge in [-0.3, -0.25) is 9.59 Å². The molecule has 0 unspecified atom stereocenters. The zero-order chi connectivity index (χ0) is 14.0. The van der Waals surface area contributed by atoms with Gasteiger partial charge in [0, 0.05) is 19.5 Å². The number of rotatable bonds is 8. The highest BCUT2D eigenvalue weighted by atomic mass is 16.5. The van der Waals surface area contributed by atoms with E-state index in [2.05, 4.69) is 31.4 Å². The molecule has 0 saturated carbocycles. The van der Waals surface area contributed by atoms with Crippen molar-refractivity contribution in [1.82, 2.24) is 10.6 Å². The Morgan fingerprint density at radius 2 is 1.67 bits per heavy atom. The second-order valence-electron chi connectivity index (χ2n) is 5.31. The van der Waals surface area contributed by atoms with E-state index < -0.39 is 5.81 Å². The number of hydrogen-bond acceptors (Lipinski definition) is 3. The fourth-order valence-corrected chi connectivity index (χ4v) is 1.19. The normalized spacial score (nSPS) is 11.1. The van der Waals surface area contributed by atoms with Crippen LogP contribution in [0.3, 0.4) is 0 Å². The van der Waals surface area contributed by atoms with Gasteiger partial charge in [0.15, 0.2) is 13.7 Å². The Balaban J connectivity index is 3.33. The molecule has 0 aliphatic carbocycles. The Kier molecular flexibility index (Phi) is 8.45. The van der Waals surface area contributed by atoms with Crippen molar-refractivity contribution in [3.05, 3.63) is 0 Å². The number of carbonyl (C=O) groups excluding carboxylic acids is 2. The van der Waals surface area contributed by atoms with Crippen LogP contribution in [0.1, 0.15) is 33.6 Å². The largest absolute Gasteiger partial charge is 0.378 e. The lowest BCUT2D eigenvalue weighted by atomic mass is 9.90. The minimum absolute atomic E-state index is 0.0452. The van der Waals surface area contributed by atoms with E-state index in [0.717, 1.165) is 6.42 Å². The van der Waals surface area contributed by atoms with Crippen molar-refractivity contribution in [2.45, 2.75) is 33.6 Å². The standard InChI is InChI=1S/C12H23BN2O3/c1-12(2,3)5-4-10(16)14-6-8-18-9-7-15-11(13)17/h4-9H2,1-3H3,(H,14,16)(H,15,17). The molecule has 2 radical (unpaired) electrons. The van der Waals surface area contributed by atoms with Crippen LogP contribution in [0.2, 0.25) is 0 Å². The van der Waals surface area contributed by atoms with E-state index >= 15 is 0 Å². The maximum atomic E-state index is 11.4. The summed E-state index contributed by atoms with van der Waals surface area (Å²) >= 11 is 0. The van der Waals surface area contributed by atoms with Crippen LogP contribution in [-0.4, -0.2) is 45.9 Å². The van der Waals surface area contributed by atoms with E-state index in [-0.39, 0.29) is 11.3 Å². The van der Waals surface area contributed by atoms with Crippen LogP contribution in [0.4, 0.5) is 4.79 Å². The molecule has 0 aliphatic rings. The van der Waals surface area contributed by atoms with Gasteiger partial charge in [0.2, 0.25) is 5.91 Å². The topological polar surface area (TPSA) is 67.4 Å². The molecule has 102 valence electrons. The van der Waals surface area contributed by atoms with Crippen molar-refractivity contribution in [3.8, 4) is 0 Å². The highest BCUT2D eigenvalue weighted by Gasteiger charge is 2.12. The second kappa shape index (κ2) is 8.97. The van der Waals surface area contributed by atoms with Crippen molar-refractivity contribution < 1.29 is 14.3 Å². The van der Waals surface area contributed by atoms with Gasteiger partial charge in [-0.1, -0.05) is 20.8 Å². The quantitative estimate of drug-likeness (QED) is 0.498. The molecule has 0 aromatic heterocycles. The lowest BCUT2D eigenvalue weighted by Crippen LogP contribution is -2.30. The van der Waals surface area contributed by atoms with Crippen molar-refractivity contribution in [3.63, 3.8) is 0 Å². The van der Waals surface area contributed by atoms with Crippen LogP contribution < -0.4 is 10.6 Å². The third-order valence-electron chi connectivity index (χ3n) is 2.22. The number of carbonyl (C=O) groups is 2. The average molecular weight is 254 g/mol. The van der Waals surface area contributed by atoms with Crippen LogP contribution in [0.25, 0.3) is 0 Å². The predicted molar refractivity (Wildman–Crippen MR) is 71.7 cm³/mol. The Hall–Kier alpha value is -1.04. The Morgan fingerprint density at radius 1 is 1.11 bits per heavy atom. The van der Waals surface area contributed by atoms with Gasteiger partial charge in [0.05, 0.1) is 13.2 Å². The summed E-state index contributed by atoms with van der Waals surface area (Å²) in [4.78, 5) is 21.8. The molecule has 0 atom stereocenters. The molecule has 0 spiro atoms. The maximum absolute atomic E-state index is 11.4. The van der Waals surface area contributed by atoms with Gasteiger partial charge in [-0.2, -0.15) is 0 Å². The minimum Gasteiger partial charge on any atom is -0.378 e. The van der Waals surface area contributed by atoms with E-state index in [9.17, 15) is 9.59 Å². The summed E-state index contributed by atoms with van der Waals surface area (Å²) in [5.74, 6) is -0.516. The first-order valence-corrected chi connectivity index (χ1v) is 6.19. The molecule has 2 amide bonds. The van der Waals surface area contributed by atoms with Gasteiger partial charge in [0.25, 0.3) is 0 Å². The van der Waals surface area contributed by atoms with E-state index in [1.54, 1.807) is 0 Å². The fourth-order valence-electron chi connectivity index (χ4n) is 1.19. The van der Waals surface area contributed by atoms with Crippen LogP contribution in [0.5, 0.6) is 0 Å². The highest BCUT2D eigenvalue weighted by molar-refractivity contribution is 6.57. The zero-order valence-corrected chi connectivity index (χ0v) is 11.5. The first-order valence-electron chi connectivity index (χ1n) is 6.19. The van der Waals surface area contributed by atoms with E-state index in [4.69, 9.17) is 12.6 Å². The monoisotopic (exact) mass is 254 g/mol. The molecule has 5 nitrogen and oxygen atoms in total. The lowest BCUT2D eigenvalue weighted by Gasteiger charge is -2.17. The van der Waals surface area contributed by atoms with E-state index in [1.807, 2.05) is 0 Å². The molecule has 0 aromatic rings. The fraction of sp³-hybridized carbons (Fsp3) is 0.833. The summed E-state index contributed by atoms with van der Waals surface area (Å²) in [6.07, 6.45) is 1.40. The Labute approximate surface area is 110 Å². The Bertz CT molecular complexity index is 265. The van der Waals surface area contributed by atoms with E-state index in [1.165, 1.54) is 0 Å². The molecule has 2 N–H and O–H groups in total. The van der Waals surface area contributed by atoms with Crippen molar-refractivity contribution >= 4 is 19.6 Å². The van der Waals surface area contributed by atoms with Gasteiger partial charge < -0.3 is 15.4 Å². The molecule has 0 heterocycles. The maximum Gasteiger partial charge on any atom is 0.220 e. The van der Waals surface area contributed by atoms with Crippen molar-refractivity contribution in [2.75, 3.05) is 26.3 Å². The molecule has 0 saturated heterocycles. The first-order chi connectivity index (χ1) is 8.31. The number of hydrogen-bond donors (Lipinski definition) is 2. The number of amides is 2. The van der Waals surface area contributed by atoms with Gasteiger partial charge in [-0.25, -0.2) is 0 Å². The molecule has 0 fully saturated rings.